The molecule has 2 heterocycles. The second kappa shape index (κ2) is 5.67. The first-order valence-electron chi connectivity index (χ1n) is 6.09. The number of alkyl halides is 1. The normalized spacial score (nSPS) is 20.6. The largest absolute Gasteiger partial charge is 0.334 e. The molecule has 1 saturated heterocycles. The molecule has 1 aromatic heterocycles. The molecule has 1 atom stereocenters. The Morgan fingerprint density at radius 3 is 3.06 bits per heavy atom. The van der Waals surface area contributed by atoms with Crippen molar-refractivity contribution in [1.82, 2.24) is 14.7 Å². The Morgan fingerprint density at radius 1 is 1.59 bits per heavy atom. The summed E-state index contributed by atoms with van der Waals surface area (Å²) in [7, 11) is 1.84. The molecular formula is C12H18BrN3O. The molecule has 0 spiro atoms. The molecule has 0 radical (unpaired) electrons. The van der Waals surface area contributed by atoms with Gasteiger partial charge in [0.15, 0.2) is 0 Å². The highest BCUT2D eigenvalue weighted by Crippen LogP contribution is 2.22. The molecule has 4 nitrogen and oxygen atoms in total. The molecule has 0 N–H and O–H groups in total. The van der Waals surface area contributed by atoms with E-state index >= 15 is 0 Å². The van der Waals surface area contributed by atoms with Gasteiger partial charge < -0.3 is 4.90 Å². The monoisotopic (exact) mass is 299 g/mol. The minimum atomic E-state index is 0.0799. The van der Waals surface area contributed by atoms with E-state index in [1.54, 1.807) is 10.7 Å². The second-order valence-electron chi connectivity index (χ2n) is 4.50. The highest BCUT2D eigenvalue weighted by molar-refractivity contribution is 9.09. The Hall–Kier alpha value is -0.840. The van der Waals surface area contributed by atoms with E-state index in [2.05, 4.69) is 21.0 Å². The van der Waals surface area contributed by atoms with Crippen molar-refractivity contribution in [3.8, 4) is 0 Å². The predicted molar refractivity (Wildman–Crippen MR) is 70.3 cm³/mol. The lowest BCUT2D eigenvalue weighted by Crippen LogP contribution is -2.44. The zero-order valence-corrected chi connectivity index (χ0v) is 11.7. The number of rotatable bonds is 3. The van der Waals surface area contributed by atoms with Crippen molar-refractivity contribution in [2.45, 2.75) is 31.7 Å². The van der Waals surface area contributed by atoms with Crippen LogP contribution in [0.25, 0.3) is 0 Å². The van der Waals surface area contributed by atoms with Crippen molar-refractivity contribution in [3.05, 3.63) is 18.0 Å². The van der Waals surface area contributed by atoms with E-state index in [-0.39, 0.29) is 5.91 Å². The van der Waals surface area contributed by atoms with Crippen molar-refractivity contribution in [2.75, 3.05) is 11.9 Å². The van der Waals surface area contributed by atoms with Crippen LogP contribution in [0.4, 0.5) is 0 Å². The van der Waals surface area contributed by atoms with Crippen molar-refractivity contribution in [2.24, 2.45) is 7.05 Å². The lowest BCUT2D eigenvalue weighted by Gasteiger charge is -2.35. The molecule has 2 rings (SSSR count). The van der Waals surface area contributed by atoms with Gasteiger partial charge in [0, 0.05) is 31.2 Å². The van der Waals surface area contributed by atoms with Gasteiger partial charge >= 0.3 is 0 Å². The van der Waals surface area contributed by atoms with E-state index in [9.17, 15) is 4.79 Å². The van der Waals surface area contributed by atoms with Crippen LogP contribution < -0.4 is 0 Å². The number of amides is 1. The van der Waals surface area contributed by atoms with E-state index in [0.717, 1.165) is 31.1 Å². The molecule has 1 unspecified atom stereocenters. The minimum Gasteiger partial charge on any atom is -0.334 e. The lowest BCUT2D eigenvalue weighted by molar-refractivity contribution is 0.0603. The van der Waals surface area contributed by atoms with E-state index in [4.69, 9.17) is 0 Å². The zero-order chi connectivity index (χ0) is 12.3. The molecule has 0 aliphatic carbocycles. The molecular weight excluding hydrogens is 282 g/mol. The number of carbonyl (C=O) groups excluding carboxylic acids is 1. The van der Waals surface area contributed by atoms with Crippen molar-refractivity contribution in [3.63, 3.8) is 0 Å². The summed E-state index contributed by atoms with van der Waals surface area (Å²) in [6, 6.07) is 2.17. The predicted octanol–water partition coefficient (Wildman–Crippen LogP) is 2.20. The van der Waals surface area contributed by atoms with Crippen LogP contribution in [-0.4, -0.2) is 38.5 Å². The molecule has 0 bridgehead atoms. The fourth-order valence-electron chi connectivity index (χ4n) is 2.37. The topological polar surface area (TPSA) is 38.1 Å². The average Bonchev–Trinajstić information content (AvgIpc) is 2.76. The fraction of sp³-hybridized carbons (Fsp3) is 0.667. The summed E-state index contributed by atoms with van der Waals surface area (Å²) < 4.78 is 1.68. The number of hydrogen-bond donors (Lipinski definition) is 0. The van der Waals surface area contributed by atoms with E-state index in [0.29, 0.717) is 11.7 Å². The first kappa shape index (κ1) is 12.6. The summed E-state index contributed by atoms with van der Waals surface area (Å²) in [5.74, 6) is 0.0799. The summed E-state index contributed by atoms with van der Waals surface area (Å²) in [4.78, 5) is 14.3. The Balaban J connectivity index is 2.10. The number of aryl methyl sites for hydroxylation is 1. The maximum absolute atomic E-state index is 12.3. The van der Waals surface area contributed by atoms with Gasteiger partial charge in [0.05, 0.1) is 0 Å². The quantitative estimate of drug-likeness (QED) is 0.803. The van der Waals surface area contributed by atoms with Gasteiger partial charge in [-0.3, -0.25) is 9.48 Å². The molecule has 0 aromatic carbocycles. The van der Waals surface area contributed by atoms with Crippen LogP contribution in [0.5, 0.6) is 0 Å². The molecule has 1 fully saturated rings. The number of halogens is 1. The Morgan fingerprint density at radius 2 is 2.41 bits per heavy atom. The summed E-state index contributed by atoms with van der Waals surface area (Å²) in [6.07, 6.45) is 6.29. The van der Waals surface area contributed by atoms with Crippen LogP contribution >= 0.6 is 15.9 Å². The zero-order valence-electron chi connectivity index (χ0n) is 10.1. The van der Waals surface area contributed by atoms with Crippen LogP contribution in [0.2, 0.25) is 0 Å². The SMILES string of the molecule is Cn1ccc(C(=O)N2CCCCC2CCBr)n1. The van der Waals surface area contributed by atoms with Gasteiger partial charge in [-0.15, -0.1) is 0 Å². The average molecular weight is 300 g/mol. The highest BCUT2D eigenvalue weighted by Gasteiger charge is 2.27. The Labute approximate surface area is 110 Å². The van der Waals surface area contributed by atoms with E-state index in [1.165, 1.54) is 6.42 Å². The molecule has 94 valence electrons. The van der Waals surface area contributed by atoms with E-state index in [1.807, 2.05) is 18.1 Å². The van der Waals surface area contributed by atoms with Gasteiger partial charge in [-0.05, 0) is 31.7 Å². The van der Waals surface area contributed by atoms with Crippen LogP contribution in [-0.2, 0) is 7.05 Å². The van der Waals surface area contributed by atoms with Gasteiger partial charge in [0.1, 0.15) is 5.69 Å². The second-order valence-corrected chi connectivity index (χ2v) is 5.29. The first-order valence-corrected chi connectivity index (χ1v) is 7.21. The smallest absolute Gasteiger partial charge is 0.274 e. The minimum absolute atomic E-state index is 0.0799. The number of nitrogens with zero attached hydrogens (tertiary/aromatic N) is 3. The van der Waals surface area contributed by atoms with Gasteiger partial charge in [-0.2, -0.15) is 5.10 Å². The standard InChI is InChI=1S/C12H18BrN3O/c1-15-9-6-11(14-15)12(17)16-8-3-2-4-10(16)5-7-13/h6,9-10H,2-5,7-8H2,1H3. The molecule has 1 aliphatic heterocycles. The van der Waals surface area contributed by atoms with Crippen LogP contribution in [0.15, 0.2) is 12.3 Å². The van der Waals surface area contributed by atoms with Crippen LogP contribution in [0.1, 0.15) is 36.2 Å². The lowest BCUT2D eigenvalue weighted by atomic mass is 9.99. The van der Waals surface area contributed by atoms with E-state index < -0.39 is 0 Å². The van der Waals surface area contributed by atoms with Crippen molar-refractivity contribution >= 4 is 21.8 Å². The maximum Gasteiger partial charge on any atom is 0.274 e. The van der Waals surface area contributed by atoms with Gasteiger partial charge in [0.2, 0.25) is 0 Å². The third-order valence-electron chi connectivity index (χ3n) is 3.26. The fourth-order valence-corrected chi connectivity index (χ4v) is 2.90. The van der Waals surface area contributed by atoms with Crippen molar-refractivity contribution in [1.29, 1.82) is 0 Å². The van der Waals surface area contributed by atoms with Gasteiger partial charge in [-0.1, -0.05) is 15.9 Å². The number of likely N-dealkylation sites (tertiary alicyclic amines) is 1. The summed E-state index contributed by atoms with van der Waals surface area (Å²) in [5, 5.41) is 5.14. The third kappa shape index (κ3) is 2.89. The molecule has 0 saturated carbocycles. The molecule has 1 amide bonds. The highest BCUT2D eigenvalue weighted by atomic mass is 79.9. The molecule has 17 heavy (non-hydrogen) atoms. The Kier molecular flexibility index (Phi) is 4.20. The maximum atomic E-state index is 12.3. The number of carbonyl (C=O) groups is 1. The first-order chi connectivity index (χ1) is 8.22. The molecule has 1 aromatic rings. The molecule has 1 aliphatic rings. The van der Waals surface area contributed by atoms with Gasteiger partial charge in [-0.25, -0.2) is 0 Å². The van der Waals surface area contributed by atoms with Gasteiger partial charge in [0.25, 0.3) is 5.91 Å². The van der Waals surface area contributed by atoms with Crippen LogP contribution in [0.3, 0.4) is 0 Å². The van der Waals surface area contributed by atoms with Crippen molar-refractivity contribution < 1.29 is 4.79 Å². The summed E-state index contributed by atoms with van der Waals surface area (Å²) in [5.41, 5.74) is 0.564. The number of piperidine rings is 1. The number of aromatic nitrogens is 2. The van der Waals surface area contributed by atoms with Crippen LogP contribution in [0, 0.1) is 0 Å². The Bertz CT molecular complexity index is 389. The molecule has 5 heteroatoms. The number of hydrogen-bond acceptors (Lipinski definition) is 2. The summed E-state index contributed by atoms with van der Waals surface area (Å²) >= 11 is 3.46. The summed E-state index contributed by atoms with van der Waals surface area (Å²) in [6.45, 7) is 0.868. The third-order valence-corrected chi connectivity index (χ3v) is 3.72.